The number of benzene rings is 3. The lowest BCUT2D eigenvalue weighted by Crippen LogP contribution is -2.14. The second-order valence-corrected chi connectivity index (χ2v) is 7.70. The molecule has 6 heteroatoms. The first kappa shape index (κ1) is 19.1. The van der Waals surface area contributed by atoms with Crippen molar-refractivity contribution in [1.29, 1.82) is 0 Å². The Morgan fingerprint density at radius 3 is 2.45 bits per heavy atom. The molecule has 4 aromatic rings. The van der Waals surface area contributed by atoms with Crippen LogP contribution < -0.4 is 5.32 Å². The third-order valence-electron chi connectivity index (χ3n) is 4.53. The van der Waals surface area contributed by atoms with Gasteiger partial charge in [0.1, 0.15) is 0 Å². The van der Waals surface area contributed by atoms with Gasteiger partial charge >= 0.3 is 0 Å². The Balaban J connectivity index is 1.78. The van der Waals surface area contributed by atoms with E-state index in [1.54, 1.807) is 4.68 Å². The van der Waals surface area contributed by atoms with Crippen molar-refractivity contribution in [3.8, 4) is 17.1 Å². The standard InChI is InChI=1S/C23H19BrN4O/c1-15-6-5-8-17(14-15)22-26-21(23(29)25-19-12-10-18(24)11-13-19)27-28(22)20-9-4-3-7-16(20)2/h3-14H,1-2H3,(H,25,29). The molecular formula is C23H19BrN4O. The van der Waals surface area contributed by atoms with Gasteiger partial charge in [-0.3, -0.25) is 4.79 Å². The normalized spacial score (nSPS) is 10.7. The van der Waals surface area contributed by atoms with E-state index in [9.17, 15) is 4.79 Å². The number of hydrogen-bond acceptors (Lipinski definition) is 3. The van der Waals surface area contributed by atoms with Crippen LogP contribution in [0.15, 0.2) is 77.3 Å². The number of nitrogens with zero attached hydrogens (tertiary/aromatic N) is 3. The van der Waals surface area contributed by atoms with Crippen molar-refractivity contribution in [1.82, 2.24) is 14.8 Å². The molecule has 1 aromatic heterocycles. The number of amides is 1. The SMILES string of the molecule is Cc1cccc(-c2nc(C(=O)Nc3ccc(Br)cc3)nn2-c2ccccc2C)c1. The van der Waals surface area contributed by atoms with Crippen molar-refractivity contribution >= 4 is 27.5 Å². The van der Waals surface area contributed by atoms with Gasteiger partial charge in [0.05, 0.1) is 5.69 Å². The van der Waals surface area contributed by atoms with E-state index >= 15 is 0 Å². The zero-order valence-corrected chi connectivity index (χ0v) is 17.6. The molecule has 0 fully saturated rings. The predicted octanol–water partition coefficient (Wildman–Crippen LogP) is 5.57. The minimum absolute atomic E-state index is 0.118. The maximum absolute atomic E-state index is 12.8. The minimum atomic E-state index is -0.353. The summed E-state index contributed by atoms with van der Waals surface area (Å²) >= 11 is 3.39. The van der Waals surface area contributed by atoms with Gasteiger partial charge in [-0.25, -0.2) is 9.67 Å². The van der Waals surface area contributed by atoms with Gasteiger partial charge in [-0.1, -0.05) is 57.9 Å². The third kappa shape index (κ3) is 4.12. The quantitative estimate of drug-likeness (QED) is 0.445. The first-order chi connectivity index (χ1) is 14.0. The van der Waals surface area contributed by atoms with Crippen LogP contribution in [0.5, 0.6) is 0 Å². The van der Waals surface area contributed by atoms with E-state index < -0.39 is 0 Å². The van der Waals surface area contributed by atoms with Gasteiger partial charge in [0, 0.05) is 15.7 Å². The number of carbonyl (C=O) groups excluding carboxylic acids is 1. The highest BCUT2D eigenvalue weighted by Gasteiger charge is 2.20. The fourth-order valence-electron chi connectivity index (χ4n) is 3.07. The van der Waals surface area contributed by atoms with Crippen molar-refractivity contribution < 1.29 is 4.79 Å². The molecule has 1 amide bonds. The van der Waals surface area contributed by atoms with Crippen LogP contribution >= 0.6 is 15.9 Å². The summed E-state index contributed by atoms with van der Waals surface area (Å²) in [6.07, 6.45) is 0. The Morgan fingerprint density at radius 1 is 0.966 bits per heavy atom. The summed E-state index contributed by atoms with van der Waals surface area (Å²) in [7, 11) is 0. The van der Waals surface area contributed by atoms with Crippen LogP contribution in [0.25, 0.3) is 17.1 Å². The zero-order valence-electron chi connectivity index (χ0n) is 16.1. The Morgan fingerprint density at radius 2 is 1.72 bits per heavy atom. The Hall–Kier alpha value is -3.25. The number of carbonyl (C=O) groups is 1. The number of nitrogens with one attached hydrogen (secondary N) is 1. The highest BCUT2D eigenvalue weighted by molar-refractivity contribution is 9.10. The topological polar surface area (TPSA) is 59.8 Å². The van der Waals surface area contributed by atoms with Gasteiger partial charge in [0.2, 0.25) is 5.82 Å². The Labute approximate surface area is 177 Å². The summed E-state index contributed by atoms with van der Waals surface area (Å²) in [6.45, 7) is 4.04. The second-order valence-electron chi connectivity index (χ2n) is 6.79. The molecule has 0 aliphatic carbocycles. The molecule has 0 aliphatic rings. The third-order valence-corrected chi connectivity index (χ3v) is 5.06. The van der Waals surface area contributed by atoms with E-state index in [-0.39, 0.29) is 11.7 Å². The van der Waals surface area contributed by atoms with E-state index in [2.05, 4.69) is 31.3 Å². The van der Waals surface area contributed by atoms with E-state index in [0.29, 0.717) is 11.5 Å². The number of aryl methyl sites for hydroxylation is 2. The molecule has 5 nitrogen and oxygen atoms in total. The highest BCUT2D eigenvalue weighted by Crippen LogP contribution is 2.24. The molecule has 0 bridgehead atoms. The van der Waals surface area contributed by atoms with Crippen molar-refractivity contribution in [3.05, 3.63) is 94.2 Å². The first-order valence-corrected chi connectivity index (χ1v) is 9.97. The summed E-state index contributed by atoms with van der Waals surface area (Å²) in [6, 6.07) is 23.3. The number of halogens is 1. The van der Waals surface area contributed by atoms with Crippen LogP contribution in [0.4, 0.5) is 5.69 Å². The van der Waals surface area contributed by atoms with Gasteiger partial charge in [0.15, 0.2) is 5.82 Å². The molecule has 0 aliphatic heterocycles. The average Bonchev–Trinajstić information content (AvgIpc) is 3.15. The molecule has 0 saturated carbocycles. The van der Waals surface area contributed by atoms with Gasteiger partial charge in [-0.05, 0) is 55.8 Å². The lowest BCUT2D eigenvalue weighted by Gasteiger charge is -2.09. The zero-order chi connectivity index (χ0) is 20.4. The molecule has 0 atom stereocenters. The van der Waals surface area contributed by atoms with Crippen LogP contribution in [-0.4, -0.2) is 20.7 Å². The number of hydrogen-bond donors (Lipinski definition) is 1. The van der Waals surface area contributed by atoms with Crippen LogP contribution in [0.3, 0.4) is 0 Å². The molecule has 0 spiro atoms. The molecule has 1 N–H and O–H groups in total. The largest absolute Gasteiger partial charge is 0.319 e. The number of anilines is 1. The predicted molar refractivity (Wildman–Crippen MR) is 118 cm³/mol. The van der Waals surface area contributed by atoms with E-state index in [4.69, 9.17) is 0 Å². The number of rotatable bonds is 4. The Kier molecular flexibility index (Phi) is 5.27. The van der Waals surface area contributed by atoms with E-state index in [1.807, 2.05) is 86.6 Å². The molecule has 0 radical (unpaired) electrons. The summed E-state index contributed by atoms with van der Waals surface area (Å²) in [5.74, 6) is 0.394. The van der Waals surface area contributed by atoms with Gasteiger partial charge in [-0.2, -0.15) is 0 Å². The van der Waals surface area contributed by atoms with Crippen molar-refractivity contribution in [3.63, 3.8) is 0 Å². The first-order valence-electron chi connectivity index (χ1n) is 9.18. The molecule has 3 aromatic carbocycles. The van der Waals surface area contributed by atoms with Gasteiger partial charge in [0.25, 0.3) is 5.91 Å². The summed E-state index contributed by atoms with van der Waals surface area (Å²) in [5, 5.41) is 7.40. The van der Waals surface area contributed by atoms with Crippen molar-refractivity contribution in [2.45, 2.75) is 13.8 Å². The van der Waals surface area contributed by atoms with Crippen LogP contribution in [0.2, 0.25) is 0 Å². The lowest BCUT2D eigenvalue weighted by atomic mass is 10.1. The van der Waals surface area contributed by atoms with Crippen LogP contribution in [0, 0.1) is 13.8 Å². The summed E-state index contributed by atoms with van der Waals surface area (Å²) in [5.41, 5.74) is 4.64. The molecule has 0 saturated heterocycles. The van der Waals surface area contributed by atoms with E-state index in [1.165, 1.54) is 0 Å². The maximum atomic E-state index is 12.8. The number of para-hydroxylation sites is 1. The molecule has 144 valence electrons. The fourth-order valence-corrected chi connectivity index (χ4v) is 3.33. The average molecular weight is 447 g/mol. The summed E-state index contributed by atoms with van der Waals surface area (Å²) in [4.78, 5) is 17.4. The molecular weight excluding hydrogens is 428 g/mol. The summed E-state index contributed by atoms with van der Waals surface area (Å²) < 4.78 is 2.68. The maximum Gasteiger partial charge on any atom is 0.295 e. The van der Waals surface area contributed by atoms with Gasteiger partial charge < -0.3 is 5.32 Å². The van der Waals surface area contributed by atoms with Crippen molar-refractivity contribution in [2.24, 2.45) is 0 Å². The highest BCUT2D eigenvalue weighted by atomic mass is 79.9. The van der Waals surface area contributed by atoms with Crippen LogP contribution in [0.1, 0.15) is 21.7 Å². The molecule has 29 heavy (non-hydrogen) atoms. The van der Waals surface area contributed by atoms with Gasteiger partial charge in [-0.15, -0.1) is 5.10 Å². The van der Waals surface area contributed by atoms with Crippen LogP contribution in [-0.2, 0) is 0 Å². The molecule has 0 unspecified atom stereocenters. The number of aromatic nitrogens is 3. The lowest BCUT2D eigenvalue weighted by molar-refractivity contribution is 0.101. The monoisotopic (exact) mass is 446 g/mol. The van der Waals surface area contributed by atoms with Crippen molar-refractivity contribution in [2.75, 3.05) is 5.32 Å². The smallest absolute Gasteiger partial charge is 0.295 e. The second kappa shape index (κ2) is 8.01. The van der Waals surface area contributed by atoms with E-state index in [0.717, 1.165) is 26.9 Å². The molecule has 1 heterocycles. The Bertz CT molecular complexity index is 1180. The fraction of sp³-hybridized carbons (Fsp3) is 0.0870. The molecule has 4 rings (SSSR count). The minimum Gasteiger partial charge on any atom is -0.319 e.